The maximum atomic E-state index is 11.4. The zero-order valence-corrected chi connectivity index (χ0v) is 10.2. The molecule has 1 aromatic rings. The molecule has 0 fully saturated rings. The van der Waals surface area contributed by atoms with E-state index in [0.717, 1.165) is 44.5 Å². The highest BCUT2D eigenvalue weighted by molar-refractivity contribution is 5.75. The number of nitrogens with zero attached hydrogens (tertiary/aromatic N) is 1. The minimum Gasteiger partial charge on any atom is -0.356 e. The second kappa shape index (κ2) is 8.75. The highest BCUT2D eigenvalue weighted by Gasteiger charge is 2.01. The van der Waals surface area contributed by atoms with Gasteiger partial charge in [-0.1, -0.05) is 12.8 Å². The van der Waals surface area contributed by atoms with Gasteiger partial charge in [0.05, 0.1) is 0 Å². The summed E-state index contributed by atoms with van der Waals surface area (Å²) >= 11 is 0. The van der Waals surface area contributed by atoms with Crippen LogP contribution in [0.5, 0.6) is 0 Å². The molecule has 0 saturated carbocycles. The number of carbonyl (C=O) groups excluding carboxylic acids is 1. The van der Waals surface area contributed by atoms with Crippen molar-refractivity contribution in [3.63, 3.8) is 0 Å². The number of hydrogen-bond acceptors (Lipinski definition) is 3. The first kappa shape index (κ1) is 13.7. The Hall–Kier alpha value is -1.36. The van der Waals surface area contributed by atoms with Gasteiger partial charge in [0.1, 0.15) is 5.82 Å². The zero-order chi connectivity index (χ0) is 12.3. The third kappa shape index (κ3) is 6.73. The minimum absolute atomic E-state index is 0.129. The first-order valence-corrected chi connectivity index (χ1v) is 6.28. The van der Waals surface area contributed by atoms with E-state index < -0.39 is 0 Å². The first-order valence-electron chi connectivity index (χ1n) is 6.28. The van der Waals surface area contributed by atoms with E-state index in [2.05, 4.69) is 15.3 Å². The summed E-state index contributed by atoms with van der Waals surface area (Å²) in [5.74, 6) is 1.04. The van der Waals surface area contributed by atoms with Crippen molar-refractivity contribution in [3.05, 3.63) is 18.2 Å². The van der Waals surface area contributed by atoms with Crippen molar-refractivity contribution < 1.29 is 4.79 Å². The van der Waals surface area contributed by atoms with Crippen LogP contribution in [0, 0.1) is 0 Å². The third-order valence-corrected chi connectivity index (χ3v) is 2.60. The van der Waals surface area contributed by atoms with E-state index in [0.29, 0.717) is 13.0 Å². The summed E-state index contributed by atoms with van der Waals surface area (Å²) in [6, 6.07) is 0. The molecule has 1 amide bonds. The molecule has 0 aliphatic rings. The maximum absolute atomic E-state index is 11.4. The predicted molar refractivity (Wildman–Crippen MR) is 67.4 cm³/mol. The second-order valence-corrected chi connectivity index (χ2v) is 4.09. The van der Waals surface area contributed by atoms with Crippen molar-refractivity contribution in [1.29, 1.82) is 0 Å². The SMILES string of the molecule is NCCCCCCC(=O)NCCc1ncc[nH]1. The van der Waals surface area contributed by atoms with Crippen LogP contribution in [-0.2, 0) is 11.2 Å². The number of imidazole rings is 1. The van der Waals surface area contributed by atoms with E-state index in [9.17, 15) is 4.79 Å². The van der Waals surface area contributed by atoms with Gasteiger partial charge >= 0.3 is 0 Å². The molecule has 5 nitrogen and oxygen atoms in total. The average Bonchev–Trinajstić information content (AvgIpc) is 2.82. The monoisotopic (exact) mass is 238 g/mol. The number of carbonyl (C=O) groups is 1. The first-order chi connectivity index (χ1) is 8.33. The van der Waals surface area contributed by atoms with Crippen molar-refractivity contribution in [2.45, 2.75) is 38.5 Å². The number of hydrogen-bond donors (Lipinski definition) is 3. The highest BCUT2D eigenvalue weighted by atomic mass is 16.1. The number of amides is 1. The van der Waals surface area contributed by atoms with Gasteiger partial charge in [0.25, 0.3) is 0 Å². The molecule has 4 N–H and O–H groups in total. The number of nitrogens with two attached hydrogens (primary N) is 1. The van der Waals surface area contributed by atoms with E-state index in [1.807, 2.05) is 0 Å². The summed E-state index contributed by atoms with van der Waals surface area (Å²) in [4.78, 5) is 18.5. The Labute approximate surface area is 102 Å². The van der Waals surface area contributed by atoms with Gasteiger partial charge in [-0.25, -0.2) is 4.98 Å². The van der Waals surface area contributed by atoms with Gasteiger partial charge < -0.3 is 16.0 Å². The lowest BCUT2D eigenvalue weighted by Crippen LogP contribution is -2.25. The summed E-state index contributed by atoms with van der Waals surface area (Å²) in [7, 11) is 0. The number of rotatable bonds is 9. The number of aromatic amines is 1. The van der Waals surface area contributed by atoms with Crippen molar-refractivity contribution in [2.24, 2.45) is 5.73 Å². The molecule has 17 heavy (non-hydrogen) atoms. The molecule has 96 valence electrons. The fourth-order valence-corrected chi connectivity index (χ4v) is 1.63. The van der Waals surface area contributed by atoms with Crippen LogP contribution >= 0.6 is 0 Å². The summed E-state index contributed by atoms with van der Waals surface area (Å²) in [5.41, 5.74) is 5.39. The van der Waals surface area contributed by atoms with Gasteiger partial charge in [-0.05, 0) is 19.4 Å². The van der Waals surface area contributed by atoms with Crippen LogP contribution in [0.15, 0.2) is 12.4 Å². The standard InChI is InChI=1S/C12H22N4O/c13-7-4-2-1-3-5-12(17)16-8-6-11-14-9-10-15-11/h9-10H,1-8,13H2,(H,14,15)(H,16,17). The van der Waals surface area contributed by atoms with Crippen LogP contribution in [0.2, 0.25) is 0 Å². The molecule has 0 saturated heterocycles. The molecule has 0 aliphatic carbocycles. The maximum Gasteiger partial charge on any atom is 0.220 e. The number of aromatic nitrogens is 2. The van der Waals surface area contributed by atoms with Gasteiger partial charge in [-0.15, -0.1) is 0 Å². The van der Waals surface area contributed by atoms with E-state index in [1.54, 1.807) is 12.4 Å². The molecule has 0 atom stereocenters. The van der Waals surface area contributed by atoms with Crippen LogP contribution in [0.3, 0.4) is 0 Å². The van der Waals surface area contributed by atoms with Gasteiger partial charge in [0.2, 0.25) is 5.91 Å². The molecule has 0 aromatic carbocycles. The third-order valence-electron chi connectivity index (χ3n) is 2.60. The van der Waals surface area contributed by atoms with Crippen molar-refractivity contribution in [1.82, 2.24) is 15.3 Å². The molecule has 0 spiro atoms. The fraction of sp³-hybridized carbons (Fsp3) is 0.667. The van der Waals surface area contributed by atoms with Crippen molar-refractivity contribution in [3.8, 4) is 0 Å². The average molecular weight is 238 g/mol. The molecule has 1 rings (SSSR count). The van der Waals surface area contributed by atoms with Gasteiger partial charge in [-0.3, -0.25) is 4.79 Å². The largest absolute Gasteiger partial charge is 0.356 e. The minimum atomic E-state index is 0.129. The lowest BCUT2D eigenvalue weighted by molar-refractivity contribution is -0.121. The molecular formula is C12H22N4O. The van der Waals surface area contributed by atoms with Crippen LogP contribution in [0.4, 0.5) is 0 Å². The van der Waals surface area contributed by atoms with Crippen LogP contribution in [0.1, 0.15) is 37.9 Å². The quantitative estimate of drug-likeness (QED) is 0.561. The van der Waals surface area contributed by atoms with Crippen molar-refractivity contribution >= 4 is 5.91 Å². The Kier molecular flexibility index (Phi) is 7.06. The summed E-state index contributed by atoms with van der Waals surface area (Å²) in [6.07, 6.45) is 9.09. The van der Waals surface area contributed by atoms with Gasteiger partial charge in [-0.2, -0.15) is 0 Å². The van der Waals surface area contributed by atoms with Gasteiger partial charge in [0.15, 0.2) is 0 Å². The van der Waals surface area contributed by atoms with E-state index >= 15 is 0 Å². The molecule has 0 bridgehead atoms. The Morgan fingerprint density at radius 1 is 1.35 bits per heavy atom. The smallest absolute Gasteiger partial charge is 0.220 e. The Morgan fingerprint density at radius 2 is 2.18 bits per heavy atom. The van der Waals surface area contributed by atoms with Crippen LogP contribution in [-0.4, -0.2) is 29.0 Å². The Balaban J connectivity index is 1.94. The molecule has 0 radical (unpaired) electrons. The topological polar surface area (TPSA) is 83.8 Å². The molecule has 1 aromatic heterocycles. The highest BCUT2D eigenvalue weighted by Crippen LogP contribution is 2.01. The molecule has 5 heteroatoms. The zero-order valence-electron chi connectivity index (χ0n) is 10.2. The predicted octanol–water partition coefficient (Wildman–Crippen LogP) is 0.978. The summed E-state index contributed by atoms with van der Waals surface area (Å²) in [6.45, 7) is 1.39. The molecule has 1 heterocycles. The van der Waals surface area contributed by atoms with Gasteiger partial charge in [0, 0.05) is 31.8 Å². The molecule has 0 unspecified atom stereocenters. The summed E-state index contributed by atoms with van der Waals surface area (Å²) in [5, 5.41) is 2.89. The van der Waals surface area contributed by atoms with Crippen LogP contribution < -0.4 is 11.1 Å². The molecule has 0 aliphatic heterocycles. The van der Waals surface area contributed by atoms with E-state index in [1.165, 1.54) is 0 Å². The second-order valence-electron chi connectivity index (χ2n) is 4.09. The Bertz CT molecular complexity index is 297. The normalized spacial score (nSPS) is 10.4. The number of nitrogens with one attached hydrogen (secondary N) is 2. The fourth-order valence-electron chi connectivity index (χ4n) is 1.63. The van der Waals surface area contributed by atoms with E-state index in [-0.39, 0.29) is 5.91 Å². The van der Waals surface area contributed by atoms with Crippen LogP contribution in [0.25, 0.3) is 0 Å². The number of H-pyrrole nitrogens is 1. The number of unbranched alkanes of at least 4 members (excludes halogenated alkanes) is 3. The van der Waals surface area contributed by atoms with Crippen molar-refractivity contribution in [2.75, 3.05) is 13.1 Å². The Morgan fingerprint density at radius 3 is 2.88 bits per heavy atom. The van der Waals surface area contributed by atoms with E-state index in [4.69, 9.17) is 5.73 Å². The summed E-state index contributed by atoms with van der Waals surface area (Å²) < 4.78 is 0. The lowest BCUT2D eigenvalue weighted by Gasteiger charge is -2.03. The lowest BCUT2D eigenvalue weighted by atomic mass is 10.1. The molecular weight excluding hydrogens is 216 g/mol.